The molecule has 1 saturated carbocycles. The van der Waals surface area contributed by atoms with Crippen LogP contribution in [0, 0.1) is 16.7 Å². The van der Waals surface area contributed by atoms with Crippen molar-refractivity contribution in [1.82, 2.24) is 5.32 Å². The number of hydrogen-bond donors (Lipinski definition) is 2. The van der Waals surface area contributed by atoms with Crippen LogP contribution in [0.25, 0.3) is 0 Å². The van der Waals surface area contributed by atoms with Crippen molar-refractivity contribution < 1.29 is 5.11 Å². The Labute approximate surface area is 122 Å². The lowest BCUT2D eigenvalue weighted by atomic mass is 9.87. The molecule has 0 aliphatic heterocycles. The normalized spacial score (nSPS) is 27.1. The molecule has 1 aromatic carbocycles. The van der Waals surface area contributed by atoms with Gasteiger partial charge in [0.2, 0.25) is 0 Å². The fraction of sp³-hybridized carbons (Fsp3) is 0.667. The van der Waals surface area contributed by atoms with Gasteiger partial charge in [-0.05, 0) is 65.8 Å². The number of fused-ring (bicyclic) bond motifs is 1. The number of benzene rings is 1. The van der Waals surface area contributed by atoms with E-state index in [2.05, 4.69) is 39.1 Å². The van der Waals surface area contributed by atoms with E-state index in [9.17, 15) is 5.11 Å². The second-order valence-corrected chi connectivity index (χ2v) is 7.73. The lowest BCUT2D eigenvalue weighted by Crippen LogP contribution is -2.28. The van der Waals surface area contributed by atoms with Crippen molar-refractivity contribution in [2.75, 3.05) is 6.54 Å². The number of hydrogen-bond acceptors (Lipinski definition) is 2. The molecule has 0 radical (unpaired) electrons. The Bertz CT molecular complexity index is 504. The maximum Gasteiger partial charge on any atom is 0.115 e. The van der Waals surface area contributed by atoms with Crippen molar-refractivity contribution in [3.05, 3.63) is 29.3 Å². The summed E-state index contributed by atoms with van der Waals surface area (Å²) in [5.41, 5.74) is 3.60. The topological polar surface area (TPSA) is 32.3 Å². The van der Waals surface area contributed by atoms with Crippen LogP contribution in [0.15, 0.2) is 18.2 Å². The molecule has 1 unspecified atom stereocenters. The van der Waals surface area contributed by atoms with Gasteiger partial charge in [0.1, 0.15) is 5.75 Å². The van der Waals surface area contributed by atoms with E-state index in [1.807, 2.05) is 12.1 Å². The van der Waals surface area contributed by atoms with Gasteiger partial charge in [0.15, 0.2) is 0 Å². The maximum absolute atomic E-state index is 9.73. The van der Waals surface area contributed by atoms with Crippen molar-refractivity contribution in [3.63, 3.8) is 0 Å². The molecular weight excluding hydrogens is 246 g/mol. The number of nitrogens with one attached hydrogen (secondary N) is 1. The summed E-state index contributed by atoms with van der Waals surface area (Å²) in [6, 6.07) is 6.27. The second kappa shape index (κ2) is 4.49. The average Bonchev–Trinajstić information content (AvgIpc) is 2.77. The minimum atomic E-state index is 0.393. The predicted molar refractivity (Wildman–Crippen MR) is 82.8 cm³/mol. The first-order valence-corrected chi connectivity index (χ1v) is 7.89. The standard InChI is InChI=1S/C18H27NO/c1-17(2)16(18(17,3)4)11-19-15-7-5-6-12-8-9-13(20)10-14(12)15/h8-10,15-16,19-20H,5-7,11H2,1-4H3. The Hall–Kier alpha value is -1.02. The van der Waals surface area contributed by atoms with Crippen molar-refractivity contribution in [1.29, 1.82) is 0 Å². The molecule has 0 heterocycles. The number of phenols is 1. The van der Waals surface area contributed by atoms with E-state index in [4.69, 9.17) is 0 Å². The third-order valence-electron chi connectivity index (χ3n) is 6.33. The Balaban J connectivity index is 1.70. The Morgan fingerprint density at radius 1 is 1.20 bits per heavy atom. The van der Waals surface area contributed by atoms with E-state index in [1.54, 1.807) is 0 Å². The first-order valence-electron chi connectivity index (χ1n) is 7.89. The molecule has 0 bridgehead atoms. The van der Waals surface area contributed by atoms with Crippen LogP contribution >= 0.6 is 0 Å². The molecule has 1 fully saturated rings. The second-order valence-electron chi connectivity index (χ2n) is 7.73. The molecule has 3 rings (SSSR count). The summed E-state index contributed by atoms with van der Waals surface area (Å²) in [5.74, 6) is 1.14. The highest BCUT2D eigenvalue weighted by molar-refractivity contribution is 5.38. The zero-order valence-corrected chi connectivity index (χ0v) is 13.2. The number of aryl methyl sites for hydroxylation is 1. The third-order valence-corrected chi connectivity index (χ3v) is 6.33. The third kappa shape index (κ3) is 2.05. The maximum atomic E-state index is 9.73. The van der Waals surface area contributed by atoms with Gasteiger partial charge in [0, 0.05) is 6.04 Å². The van der Waals surface area contributed by atoms with E-state index < -0.39 is 0 Å². The highest BCUT2D eigenvalue weighted by atomic mass is 16.3. The van der Waals surface area contributed by atoms with Crippen LogP contribution in [0.1, 0.15) is 57.7 Å². The molecule has 1 atom stereocenters. The molecule has 2 heteroatoms. The van der Waals surface area contributed by atoms with Gasteiger partial charge in [0.05, 0.1) is 0 Å². The molecule has 110 valence electrons. The molecule has 0 spiro atoms. The van der Waals surface area contributed by atoms with Crippen molar-refractivity contribution in [2.24, 2.45) is 16.7 Å². The molecular formula is C18H27NO. The number of aromatic hydroxyl groups is 1. The summed E-state index contributed by atoms with van der Waals surface area (Å²) in [6.45, 7) is 10.6. The molecule has 0 amide bonds. The molecule has 2 aliphatic rings. The van der Waals surface area contributed by atoms with Gasteiger partial charge in [0.25, 0.3) is 0 Å². The van der Waals surface area contributed by atoms with Crippen LogP contribution in [-0.2, 0) is 6.42 Å². The van der Waals surface area contributed by atoms with Crippen molar-refractivity contribution in [3.8, 4) is 5.75 Å². The zero-order chi connectivity index (χ0) is 14.5. The molecule has 1 aromatic rings. The zero-order valence-electron chi connectivity index (χ0n) is 13.2. The van der Waals surface area contributed by atoms with E-state index >= 15 is 0 Å². The summed E-state index contributed by atoms with van der Waals surface area (Å²) in [7, 11) is 0. The van der Waals surface area contributed by atoms with Gasteiger partial charge in [-0.1, -0.05) is 33.8 Å². The molecule has 0 aromatic heterocycles. The smallest absolute Gasteiger partial charge is 0.115 e. The summed E-state index contributed by atoms with van der Waals surface area (Å²) in [5, 5.41) is 13.5. The highest BCUT2D eigenvalue weighted by Crippen LogP contribution is 2.68. The monoisotopic (exact) mass is 273 g/mol. The van der Waals surface area contributed by atoms with E-state index in [0.717, 1.165) is 18.9 Å². The predicted octanol–water partition coefficient (Wildman–Crippen LogP) is 4.04. The summed E-state index contributed by atoms with van der Waals surface area (Å²) >= 11 is 0. The largest absolute Gasteiger partial charge is 0.508 e. The summed E-state index contributed by atoms with van der Waals surface area (Å²) < 4.78 is 0. The lowest BCUT2D eigenvalue weighted by molar-refractivity contribution is 0.420. The van der Waals surface area contributed by atoms with Crippen LogP contribution < -0.4 is 5.32 Å². The molecule has 2 N–H and O–H groups in total. The number of rotatable bonds is 3. The Morgan fingerprint density at radius 3 is 2.55 bits per heavy atom. The SMILES string of the molecule is CC1(C)C(CNC2CCCc3ccc(O)cc32)C1(C)C. The number of phenolic OH excluding ortho intramolecular Hbond substituents is 1. The van der Waals surface area contributed by atoms with Crippen LogP contribution in [0.3, 0.4) is 0 Å². The highest BCUT2D eigenvalue weighted by Gasteiger charge is 2.63. The summed E-state index contributed by atoms with van der Waals surface area (Å²) in [4.78, 5) is 0. The van der Waals surface area contributed by atoms with E-state index in [1.165, 1.54) is 24.0 Å². The molecule has 2 nitrogen and oxygen atoms in total. The molecule has 2 aliphatic carbocycles. The average molecular weight is 273 g/mol. The summed E-state index contributed by atoms with van der Waals surface area (Å²) in [6.07, 6.45) is 3.57. The lowest BCUT2D eigenvalue weighted by Gasteiger charge is -2.27. The minimum absolute atomic E-state index is 0.393. The quantitative estimate of drug-likeness (QED) is 0.871. The van der Waals surface area contributed by atoms with E-state index in [0.29, 0.717) is 22.6 Å². The van der Waals surface area contributed by atoms with Crippen LogP contribution in [0.2, 0.25) is 0 Å². The molecule has 0 saturated heterocycles. The van der Waals surface area contributed by atoms with Crippen LogP contribution in [0.5, 0.6) is 5.75 Å². The van der Waals surface area contributed by atoms with Crippen molar-refractivity contribution >= 4 is 0 Å². The van der Waals surface area contributed by atoms with Gasteiger partial charge in [-0.15, -0.1) is 0 Å². The first kappa shape index (κ1) is 13.9. The van der Waals surface area contributed by atoms with Gasteiger partial charge in [-0.2, -0.15) is 0 Å². The molecule has 20 heavy (non-hydrogen) atoms. The van der Waals surface area contributed by atoms with Gasteiger partial charge < -0.3 is 10.4 Å². The minimum Gasteiger partial charge on any atom is -0.508 e. The Kier molecular flexibility index (Phi) is 3.13. The Morgan fingerprint density at radius 2 is 1.90 bits per heavy atom. The fourth-order valence-corrected chi connectivity index (χ4v) is 4.10. The van der Waals surface area contributed by atoms with Crippen LogP contribution in [0.4, 0.5) is 0 Å². The van der Waals surface area contributed by atoms with Gasteiger partial charge in [-0.3, -0.25) is 0 Å². The van der Waals surface area contributed by atoms with Gasteiger partial charge >= 0.3 is 0 Å². The van der Waals surface area contributed by atoms with Crippen molar-refractivity contribution in [2.45, 2.75) is 53.0 Å². The van der Waals surface area contributed by atoms with Gasteiger partial charge in [-0.25, -0.2) is 0 Å². The fourth-order valence-electron chi connectivity index (χ4n) is 4.10. The first-order chi connectivity index (χ1) is 9.34. The van der Waals surface area contributed by atoms with Crippen LogP contribution in [-0.4, -0.2) is 11.7 Å². The van der Waals surface area contributed by atoms with E-state index in [-0.39, 0.29) is 0 Å².